The number of benzene rings is 2. The summed E-state index contributed by atoms with van der Waals surface area (Å²) in [4.78, 5) is 37.7. The number of nitrogens with zero attached hydrogens (tertiary/aromatic N) is 2. The largest absolute Gasteiger partial charge is 0.442 e. The van der Waals surface area contributed by atoms with Gasteiger partial charge in [-0.1, -0.05) is 37.2 Å². The molecule has 0 aliphatic rings. The molecule has 0 saturated carbocycles. The molecule has 7 nitrogen and oxygen atoms in total. The van der Waals surface area contributed by atoms with Crippen LogP contribution in [0.2, 0.25) is 0 Å². The normalized spacial score (nSPS) is 12.0. The third-order valence-electron chi connectivity index (χ3n) is 4.54. The first kappa shape index (κ1) is 21.2. The smallest absolute Gasteiger partial charge is 0.342 e. The van der Waals surface area contributed by atoms with E-state index in [4.69, 9.17) is 4.52 Å². The van der Waals surface area contributed by atoms with Gasteiger partial charge in [0, 0.05) is 12.6 Å². The number of nitrogens with one attached hydrogen (secondary N) is 1. The highest BCUT2D eigenvalue weighted by Gasteiger charge is 2.25. The topological polar surface area (TPSA) is 94.2 Å². The highest BCUT2D eigenvalue weighted by molar-refractivity contribution is 5.97. The van der Waals surface area contributed by atoms with E-state index < -0.39 is 17.6 Å². The van der Waals surface area contributed by atoms with Crippen molar-refractivity contribution in [3.05, 3.63) is 76.5 Å². The van der Waals surface area contributed by atoms with Gasteiger partial charge in [0.15, 0.2) is 11.6 Å². The molecular formula is C22H24FN3O4. The first-order valence-electron chi connectivity index (χ1n) is 9.56. The average Bonchev–Trinajstić information content (AvgIpc) is 3.08. The average molecular weight is 413 g/mol. The summed E-state index contributed by atoms with van der Waals surface area (Å²) >= 11 is 0. The minimum absolute atomic E-state index is 0. The van der Waals surface area contributed by atoms with Crippen molar-refractivity contribution in [2.75, 3.05) is 0 Å². The molecule has 0 aliphatic carbocycles. The predicted octanol–water partition coefficient (Wildman–Crippen LogP) is 3.30. The van der Waals surface area contributed by atoms with Gasteiger partial charge >= 0.3 is 5.76 Å². The first-order valence-corrected chi connectivity index (χ1v) is 9.56. The summed E-state index contributed by atoms with van der Waals surface area (Å²) in [5, 5.41) is 6.47. The van der Waals surface area contributed by atoms with Gasteiger partial charge in [-0.25, -0.2) is 13.8 Å². The first-order chi connectivity index (χ1) is 14.3. The number of rotatable bonds is 8. The van der Waals surface area contributed by atoms with Crippen LogP contribution in [0.5, 0.6) is 0 Å². The van der Waals surface area contributed by atoms with E-state index in [1.54, 1.807) is 30.3 Å². The fourth-order valence-corrected chi connectivity index (χ4v) is 3.05. The van der Waals surface area contributed by atoms with Crippen LogP contribution in [0, 0.1) is 11.7 Å². The molecule has 8 heteroatoms. The number of halogens is 1. The Morgan fingerprint density at radius 2 is 1.80 bits per heavy atom. The van der Waals surface area contributed by atoms with Gasteiger partial charge in [0.1, 0.15) is 5.82 Å². The molecule has 30 heavy (non-hydrogen) atoms. The van der Waals surface area contributed by atoms with Gasteiger partial charge in [-0.3, -0.25) is 14.1 Å². The number of Topliss-reactive ketones (excluding diaryl/α,β-unsaturated/α-hetero) is 1. The molecule has 0 spiro atoms. The molecule has 1 aromatic heterocycles. The molecule has 0 radical (unpaired) electrons. The zero-order valence-corrected chi connectivity index (χ0v) is 16.7. The quantitative estimate of drug-likeness (QED) is 0.611. The van der Waals surface area contributed by atoms with Crippen LogP contribution in [0.15, 0.2) is 63.9 Å². The van der Waals surface area contributed by atoms with Crippen LogP contribution in [0.4, 0.5) is 4.39 Å². The molecule has 1 N–H and O–H groups in total. The number of hydrogen-bond acceptors (Lipinski definition) is 5. The SMILES string of the molecule is CC(C)C[C@H](NC(=O)c1ccccc1)C(=O)Cn1c(-c2ccc(F)cc2)noc1=O.[HH]. The fourth-order valence-electron chi connectivity index (χ4n) is 3.05. The molecule has 0 unspecified atom stereocenters. The van der Waals surface area contributed by atoms with Crippen LogP contribution in [0.1, 0.15) is 32.1 Å². The Morgan fingerprint density at radius 1 is 1.13 bits per heavy atom. The maximum atomic E-state index is 13.2. The van der Waals surface area contributed by atoms with E-state index in [9.17, 15) is 18.8 Å². The number of carbonyl (C=O) groups excluding carboxylic acids is 2. The van der Waals surface area contributed by atoms with Crippen molar-refractivity contribution in [3.8, 4) is 11.4 Å². The van der Waals surface area contributed by atoms with Crippen LogP contribution < -0.4 is 11.1 Å². The van der Waals surface area contributed by atoms with E-state index in [2.05, 4.69) is 10.5 Å². The highest BCUT2D eigenvalue weighted by atomic mass is 19.1. The van der Waals surface area contributed by atoms with Crippen molar-refractivity contribution >= 4 is 11.7 Å². The summed E-state index contributed by atoms with van der Waals surface area (Å²) in [5.74, 6) is -1.72. The van der Waals surface area contributed by atoms with Gasteiger partial charge in [-0.2, -0.15) is 0 Å². The van der Waals surface area contributed by atoms with Crippen molar-refractivity contribution in [3.63, 3.8) is 0 Å². The van der Waals surface area contributed by atoms with Gasteiger partial charge in [0.25, 0.3) is 5.91 Å². The molecule has 3 aromatic rings. The second-order valence-corrected chi connectivity index (χ2v) is 7.35. The highest BCUT2D eigenvalue weighted by Crippen LogP contribution is 2.17. The van der Waals surface area contributed by atoms with Gasteiger partial charge in [0.05, 0.1) is 12.6 Å². The molecule has 2 aromatic carbocycles. The van der Waals surface area contributed by atoms with Crippen molar-refractivity contribution < 1.29 is 19.9 Å². The summed E-state index contributed by atoms with van der Waals surface area (Å²) in [6.45, 7) is 3.54. The second-order valence-electron chi connectivity index (χ2n) is 7.35. The minimum atomic E-state index is -0.805. The van der Waals surface area contributed by atoms with Crippen LogP contribution in [-0.2, 0) is 11.3 Å². The van der Waals surface area contributed by atoms with Crippen LogP contribution >= 0.6 is 0 Å². The zero-order chi connectivity index (χ0) is 21.7. The molecule has 0 aliphatic heterocycles. The lowest BCUT2D eigenvalue weighted by molar-refractivity contribution is -0.121. The maximum absolute atomic E-state index is 13.2. The van der Waals surface area contributed by atoms with E-state index >= 15 is 0 Å². The Kier molecular flexibility index (Phi) is 6.56. The summed E-state index contributed by atoms with van der Waals surface area (Å²) in [6.07, 6.45) is 0.406. The van der Waals surface area contributed by atoms with Crippen LogP contribution in [0.25, 0.3) is 11.4 Å². The van der Waals surface area contributed by atoms with Gasteiger partial charge in [0.2, 0.25) is 0 Å². The summed E-state index contributed by atoms with van der Waals surface area (Å²) < 4.78 is 19.0. The summed E-state index contributed by atoms with van der Waals surface area (Å²) in [7, 11) is 0. The van der Waals surface area contributed by atoms with Crippen LogP contribution in [0.3, 0.4) is 0 Å². The lowest BCUT2D eigenvalue weighted by Gasteiger charge is -2.20. The number of ketones is 1. The lowest BCUT2D eigenvalue weighted by atomic mass is 9.99. The Labute approximate surface area is 174 Å². The number of hydrogen-bond donors (Lipinski definition) is 1. The molecule has 1 heterocycles. The summed E-state index contributed by atoms with van der Waals surface area (Å²) in [6, 6.07) is 13.1. The molecule has 0 bridgehead atoms. The number of carbonyl (C=O) groups is 2. The zero-order valence-electron chi connectivity index (χ0n) is 16.7. The molecule has 1 atom stereocenters. The summed E-state index contributed by atoms with van der Waals surface area (Å²) in [5.41, 5.74) is 0.872. The van der Waals surface area contributed by atoms with Crippen LogP contribution in [-0.4, -0.2) is 27.5 Å². The van der Waals surface area contributed by atoms with Gasteiger partial charge in [-0.05, 0) is 48.7 Å². The molecule has 0 saturated heterocycles. The Balaban J connectivity index is 0.00000341. The van der Waals surface area contributed by atoms with E-state index in [1.165, 1.54) is 24.3 Å². The van der Waals surface area contributed by atoms with Crippen molar-refractivity contribution in [1.82, 2.24) is 15.0 Å². The molecule has 1 amide bonds. The lowest BCUT2D eigenvalue weighted by Crippen LogP contribution is -2.44. The molecular weight excluding hydrogens is 389 g/mol. The molecule has 3 rings (SSSR count). The Morgan fingerprint density at radius 3 is 2.43 bits per heavy atom. The van der Waals surface area contributed by atoms with Gasteiger partial charge in [-0.15, -0.1) is 0 Å². The Bertz CT molecular complexity index is 1080. The van der Waals surface area contributed by atoms with Crippen molar-refractivity contribution in [2.45, 2.75) is 32.9 Å². The number of amides is 1. The number of aromatic nitrogens is 2. The standard InChI is InChI=1S/C22H22FN3O4.H2/c1-14(2)12-18(24-21(28)16-6-4-3-5-7-16)19(27)13-26-20(25-30-22(26)29)15-8-10-17(23)11-9-15;/h3-11,14,18H,12-13H2,1-2H3,(H,24,28);1H/t18-;/m0./s1. The maximum Gasteiger partial charge on any atom is 0.442 e. The van der Waals surface area contributed by atoms with Crippen molar-refractivity contribution in [2.24, 2.45) is 5.92 Å². The van der Waals surface area contributed by atoms with Gasteiger partial charge < -0.3 is 5.32 Å². The van der Waals surface area contributed by atoms with Crippen molar-refractivity contribution in [1.29, 1.82) is 0 Å². The van der Waals surface area contributed by atoms with E-state index in [-0.39, 0.29) is 31.4 Å². The third kappa shape index (κ3) is 5.08. The fraction of sp³-hybridized carbons (Fsp3) is 0.273. The predicted molar refractivity (Wildman–Crippen MR) is 110 cm³/mol. The van der Waals surface area contributed by atoms with E-state index in [0.29, 0.717) is 17.5 Å². The molecule has 0 fully saturated rings. The molecule has 158 valence electrons. The monoisotopic (exact) mass is 413 g/mol. The van der Waals surface area contributed by atoms with E-state index in [0.717, 1.165) is 4.57 Å². The third-order valence-corrected chi connectivity index (χ3v) is 4.54. The Hall–Kier alpha value is -3.55. The minimum Gasteiger partial charge on any atom is -0.342 e. The second kappa shape index (κ2) is 9.30. The van der Waals surface area contributed by atoms with E-state index in [1.807, 2.05) is 13.8 Å².